The van der Waals surface area contributed by atoms with E-state index in [1.165, 1.54) is 23.3 Å². The molecule has 0 aliphatic heterocycles. The largest absolute Gasteiger partial charge is 0.315 e. The maximum atomic E-state index is 9.31. The summed E-state index contributed by atoms with van der Waals surface area (Å²) in [7, 11) is 0. The first-order valence-corrected chi connectivity index (χ1v) is 7.63. The van der Waals surface area contributed by atoms with Crippen LogP contribution in [0.3, 0.4) is 0 Å². The highest BCUT2D eigenvalue weighted by Gasteiger charge is 2.16. The summed E-state index contributed by atoms with van der Waals surface area (Å²) in [4.78, 5) is 10.3. The summed E-state index contributed by atoms with van der Waals surface area (Å²) in [6, 6.07) is 4.22. The van der Waals surface area contributed by atoms with Gasteiger partial charge < -0.3 is 5.32 Å². The summed E-state index contributed by atoms with van der Waals surface area (Å²) in [5, 5.41) is 13.3. The van der Waals surface area contributed by atoms with Crippen molar-refractivity contribution >= 4 is 22.3 Å². The van der Waals surface area contributed by atoms with E-state index in [9.17, 15) is 5.26 Å². The fourth-order valence-corrected chi connectivity index (χ4v) is 3.26. The van der Waals surface area contributed by atoms with Gasteiger partial charge in [0.2, 0.25) is 0 Å². The average Bonchev–Trinajstić information content (AvgIpc) is 2.76. The summed E-state index contributed by atoms with van der Waals surface area (Å²) in [6.45, 7) is 4.03. The molecule has 0 saturated carbocycles. The summed E-state index contributed by atoms with van der Waals surface area (Å²) < 4.78 is 0. The molecule has 4 nitrogen and oxygen atoms in total. The van der Waals surface area contributed by atoms with E-state index >= 15 is 0 Å². The van der Waals surface area contributed by atoms with Crippen molar-refractivity contribution in [3.8, 4) is 6.07 Å². The molecule has 0 atom stereocenters. The minimum absolute atomic E-state index is 0.608. The van der Waals surface area contributed by atoms with Crippen LogP contribution in [0.2, 0.25) is 0 Å². The monoisotopic (exact) mass is 284 g/mol. The van der Waals surface area contributed by atoms with E-state index in [1.54, 1.807) is 11.3 Å². The van der Waals surface area contributed by atoms with Crippen molar-refractivity contribution in [1.29, 1.82) is 5.26 Å². The minimum Gasteiger partial charge on any atom is -0.315 e. The van der Waals surface area contributed by atoms with Crippen LogP contribution in [0.4, 0.5) is 10.9 Å². The molecule has 0 radical (unpaired) electrons. The normalized spacial score (nSPS) is 13.7. The number of rotatable bonds is 2. The molecule has 102 valence electrons. The molecule has 5 heteroatoms. The maximum Gasteiger partial charge on any atom is 0.188 e. The van der Waals surface area contributed by atoms with Crippen molar-refractivity contribution in [1.82, 2.24) is 9.97 Å². The number of anilines is 2. The summed E-state index contributed by atoms with van der Waals surface area (Å²) in [5.74, 6) is 0.641. The van der Waals surface area contributed by atoms with E-state index < -0.39 is 0 Å². The van der Waals surface area contributed by atoms with E-state index in [2.05, 4.69) is 21.4 Å². The van der Waals surface area contributed by atoms with Gasteiger partial charge in [0, 0.05) is 10.6 Å². The van der Waals surface area contributed by atoms with Crippen LogP contribution in [0, 0.1) is 25.2 Å². The van der Waals surface area contributed by atoms with Crippen LogP contribution >= 0.6 is 11.3 Å². The molecule has 1 aliphatic rings. The van der Waals surface area contributed by atoms with Crippen LogP contribution in [-0.4, -0.2) is 9.97 Å². The van der Waals surface area contributed by atoms with Gasteiger partial charge in [-0.3, -0.25) is 0 Å². The number of thiazole rings is 1. The highest BCUT2D eigenvalue weighted by atomic mass is 32.1. The third-order valence-electron chi connectivity index (χ3n) is 3.68. The first-order chi connectivity index (χ1) is 9.67. The smallest absolute Gasteiger partial charge is 0.188 e. The van der Waals surface area contributed by atoms with E-state index in [-0.39, 0.29) is 0 Å². The number of hydrogen-bond acceptors (Lipinski definition) is 5. The third kappa shape index (κ3) is 2.39. The topological polar surface area (TPSA) is 61.6 Å². The van der Waals surface area contributed by atoms with Gasteiger partial charge in [-0.05, 0) is 51.2 Å². The number of hydrogen-bond donors (Lipinski definition) is 1. The Morgan fingerprint density at radius 2 is 2.05 bits per heavy atom. The van der Waals surface area contributed by atoms with E-state index in [1.807, 2.05) is 19.9 Å². The molecule has 1 N–H and O–H groups in total. The third-order valence-corrected chi connectivity index (χ3v) is 4.66. The number of fused-ring (bicyclic) bond motifs is 1. The first-order valence-electron chi connectivity index (χ1n) is 6.81. The Balaban J connectivity index is 1.98. The molecular formula is C15H16N4S. The van der Waals surface area contributed by atoms with Gasteiger partial charge in [-0.15, -0.1) is 11.3 Å². The number of aromatic nitrogens is 2. The standard InChI is InChI=1S/C15H16N4S/c1-9-10(2)20-15(17-9)19-14-12(8-16)7-11-5-3-4-6-13(11)18-14/h7H,3-6H2,1-2H3,(H,17,18,19). The van der Waals surface area contributed by atoms with Gasteiger partial charge in [-0.25, -0.2) is 9.97 Å². The molecule has 2 aromatic heterocycles. The van der Waals surface area contributed by atoms with Crippen LogP contribution in [0.25, 0.3) is 0 Å². The molecule has 0 amide bonds. The van der Waals surface area contributed by atoms with Crippen molar-refractivity contribution in [2.45, 2.75) is 39.5 Å². The Morgan fingerprint density at radius 3 is 2.75 bits per heavy atom. The van der Waals surface area contributed by atoms with Gasteiger partial charge in [0.1, 0.15) is 11.9 Å². The molecule has 3 rings (SSSR count). The molecule has 2 heterocycles. The molecule has 2 aromatic rings. The lowest BCUT2D eigenvalue weighted by molar-refractivity contribution is 0.668. The summed E-state index contributed by atoms with van der Waals surface area (Å²) >= 11 is 1.59. The molecule has 20 heavy (non-hydrogen) atoms. The first kappa shape index (κ1) is 13.1. The van der Waals surface area contributed by atoms with Crippen LogP contribution in [0.15, 0.2) is 6.07 Å². The molecular weight excluding hydrogens is 268 g/mol. The second-order valence-electron chi connectivity index (χ2n) is 5.09. The van der Waals surface area contributed by atoms with E-state index in [0.29, 0.717) is 11.4 Å². The van der Waals surface area contributed by atoms with E-state index in [4.69, 9.17) is 0 Å². The van der Waals surface area contributed by atoms with Gasteiger partial charge in [-0.2, -0.15) is 5.26 Å². The predicted molar refractivity (Wildman–Crippen MR) is 80.5 cm³/mol. The highest BCUT2D eigenvalue weighted by molar-refractivity contribution is 7.15. The lowest BCUT2D eigenvalue weighted by atomic mass is 9.95. The molecule has 0 bridgehead atoms. The summed E-state index contributed by atoms with van der Waals surface area (Å²) in [5.41, 5.74) is 3.98. The Morgan fingerprint density at radius 1 is 1.25 bits per heavy atom. The number of nitrogens with zero attached hydrogens (tertiary/aromatic N) is 3. The number of aryl methyl sites for hydroxylation is 4. The number of nitrogens with one attached hydrogen (secondary N) is 1. The second-order valence-corrected chi connectivity index (χ2v) is 6.30. The van der Waals surface area contributed by atoms with Crippen LogP contribution in [-0.2, 0) is 12.8 Å². The molecule has 1 aliphatic carbocycles. The summed E-state index contributed by atoms with van der Waals surface area (Å²) in [6.07, 6.45) is 4.41. The Hall–Kier alpha value is -1.93. The molecule has 0 aromatic carbocycles. The lowest BCUT2D eigenvalue weighted by Gasteiger charge is -2.16. The zero-order chi connectivity index (χ0) is 14.1. The van der Waals surface area contributed by atoms with Crippen LogP contribution in [0.5, 0.6) is 0 Å². The Labute approximate surface area is 122 Å². The molecule has 0 unspecified atom stereocenters. The van der Waals surface area contributed by atoms with Gasteiger partial charge in [0.05, 0.1) is 11.3 Å². The zero-order valence-electron chi connectivity index (χ0n) is 11.7. The zero-order valence-corrected chi connectivity index (χ0v) is 12.5. The second kappa shape index (κ2) is 5.22. The van der Waals surface area contributed by atoms with E-state index in [0.717, 1.165) is 29.4 Å². The molecule has 0 spiro atoms. The number of nitriles is 1. The van der Waals surface area contributed by atoms with Gasteiger partial charge in [0.25, 0.3) is 0 Å². The fraction of sp³-hybridized carbons (Fsp3) is 0.400. The fourth-order valence-electron chi connectivity index (χ4n) is 2.44. The van der Waals surface area contributed by atoms with Crippen LogP contribution in [0.1, 0.15) is 40.2 Å². The molecule has 0 saturated heterocycles. The van der Waals surface area contributed by atoms with Crippen molar-refractivity contribution in [3.63, 3.8) is 0 Å². The van der Waals surface area contributed by atoms with Gasteiger partial charge in [-0.1, -0.05) is 0 Å². The predicted octanol–water partition coefficient (Wildman–Crippen LogP) is 3.65. The number of pyridine rings is 1. The minimum atomic E-state index is 0.608. The highest BCUT2D eigenvalue weighted by Crippen LogP contribution is 2.28. The van der Waals surface area contributed by atoms with Crippen molar-refractivity contribution in [3.05, 3.63) is 33.5 Å². The Bertz CT molecular complexity index is 677. The van der Waals surface area contributed by atoms with Crippen molar-refractivity contribution in [2.75, 3.05) is 5.32 Å². The average molecular weight is 284 g/mol. The SMILES string of the molecule is Cc1nc(Nc2nc3c(cc2C#N)CCCC3)sc1C. The lowest BCUT2D eigenvalue weighted by Crippen LogP contribution is -2.08. The van der Waals surface area contributed by atoms with Gasteiger partial charge >= 0.3 is 0 Å². The molecule has 0 fully saturated rings. The van der Waals surface area contributed by atoms with Crippen molar-refractivity contribution < 1.29 is 0 Å². The quantitative estimate of drug-likeness (QED) is 0.914. The maximum absolute atomic E-state index is 9.31. The van der Waals surface area contributed by atoms with Gasteiger partial charge in [0.15, 0.2) is 5.13 Å². The van der Waals surface area contributed by atoms with Crippen LogP contribution < -0.4 is 5.32 Å². The Kier molecular flexibility index (Phi) is 3.41. The van der Waals surface area contributed by atoms with Crippen molar-refractivity contribution in [2.24, 2.45) is 0 Å².